The van der Waals surface area contributed by atoms with Crippen LogP contribution in [0.25, 0.3) is 0 Å². The molecule has 7 nitrogen and oxygen atoms in total. The molecule has 24 heavy (non-hydrogen) atoms. The largest absolute Gasteiger partial charge is 0.451 e. The summed E-state index contributed by atoms with van der Waals surface area (Å²) >= 11 is 11.8. The van der Waals surface area contributed by atoms with Crippen LogP contribution >= 0.6 is 23.2 Å². The minimum atomic E-state index is -0.717. The molecule has 0 fully saturated rings. The number of hydrogen-bond donors (Lipinski definition) is 2. The third-order valence-corrected chi connectivity index (χ3v) is 3.79. The van der Waals surface area contributed by atoms with E-state index in [-0.39, 0.29) is 24.5 Å². The molecule has 0 radical (unpaired) electrons. The molecule has 128 valence electrons. The monoisotopic (exact) mass is 371 g/mol. The third-order valence-electron chi connectivity index (χ3n) is 3.21. The van der Waals surface area contributed by atoms with E-state index in [4.69, 9.17) is 27.9 Å². The fraction of sp³-hybridized carbons (Fsp3) is 0.333. The van der Waals surface area contributed by atoms with E-state index in [1.807, 2.05) is 0 Å². The zero-order valence-electron chi connectivity index (χ0n) is 12.6. The van der Waals surface area contributed by atoms with Gasteiger partial charge in [-0.3, -0.25) is 9.59 Å². The number of nitrogens with one attached hydrogen (secondary N) is 2. The lowest BCUT2D eigenvalue weighted by Gasteiger charge is -2.11. The van der Waals surface area contributed by atoms with Crippen LogP contribution in [-0.4, -0.2) is 36.6 Å². The van der Waals surface area contributed by atoms with Crippen LogP contribution in [0.3, 0.4) is 0 Å². The predicted octanol–water partition coefficient (Wildman–Crippen LogP) is 1.46. The number of ether oxygens (including phenoxy) is 1. The van der Waals surface area contributed by atoms with Crippen molar-refractivity contribution in [2.75, 3.05) is 13.2 Å². The Balaban J connectivity index is 1.70. The predicted molar refractivity (Wildman–Crippen MR) is 88.9 cm³/mol. The molecular weight excluding hydrogens is 357 g/mol. The first-order valence-corrected chi connectivity index (χ1v) is 7.94. The van der Waals surface area contributed by atoms with Crippen LogP contribution in [0.1, 0.15) is 18.4 Å². The Hall–Kier alpha value is -2.12. The molecule has 0 saturated carbocycles. The Morgan fingerprint density at radius 1 is 1.29 bits per heavy atom. The van der Waals surface area contributed by atoms with Gasteiger partial charge in [-0.15, -0.1) is 0 Å². The van der Waals surface area contributed by atoms with Gasteiger partial charge < -0.3 is 10.1 Å². The number of esters is 1. The van der Waals surface area contributed by atoms with Crippen molar-refractivity contribution in [2.24, 2.45) is 5.10 Å². The van der Waals surface area contributed by atoms with Crippen LogP contribution in [0, 0.1) is 0 Å². The highest BCUT2D eigenvalue weighted by molar-refractivity contribution is 6.37. The van der Waals surface area contributed by atoms with E-state index in [0.29, 0.717) is 23.0 Å². The summed E-state index contributed by atoms with van der Waals surface area (Å²) < 4.78 is 4.84. The molecule has 1 aliphatic rings. The molecular formula is C15H15Cl2N3O4. The molecule has 1 aliphatic heterocycles. The lowest BCUT2D eigenvalue weighted by molar-refractivity contribution is -0.142. The van der Waals surface area contributed by atoms with Gasteiger partial charge in [-0.25, -0.2) is 10.2 Å². The van der Waals surface area contributed by atoms with Crippen LogP contribution < -0.4 is 10.7 Å². The first kappa shape index (κ1) is 18.2. The second kappa shape index (κ2) is 8.65. The molecule has 1 aromatic carbocycles. The number of hydrogen-bond acceptors (Lipinski definition) is 5. The molecule has 0 unspecified atom stereocenters. The maximum absolute atomic E-state index is 11.7. The average Bonchev–Trinajstić information content (AvgIpc) is 2.55. The van der Waals surface area contributed by atoms with E-state index in [9.17, 15) is 14.4 Å². The van der Waals surface area contributed by atoms with Gasteiger partial charge in [-0.1, -0.05) is 29.3 Å². The Morgan fingerprint density at radius 3 is 2.75 bits per heavy atom. The Morgan fingerprint density at radius 2 is 2.08 bits per heavy atom. The molecule has 0 aromatic heterocycles. The molecule has 2 rings (SSSR count). The molecule has 0 bridgehead atoms. The summed E-state index contributed by atoms with van der Waals surface area (Å²) in [6.07, 6.45) is 0.887. The lowest BCUT2D eigenvalue weighted by Crippen LogP contribution is -2.34. The summed E-state index contributed by atoms with van der Waals surface area (Å²) in [6.45, 7) is -0.0745. The highest BCUT2D eigenvalue weighted by atomic mass is 35.5. The number of amides is 2. The van der Waals surface area contributed by atoms with Gasteiger partial charge in [0.1, 0.15) is 5.71 Å². The van der Waals surface area contributed by atoms with Crippen molar-refractivity contribution < 1.29 is 19.1 Å². The number of carbonyl (C=O) groups is 3. The normalized spacial score (nSPS) is 13.8. The van der Waals surface area contributed by atoms with Crippen molar-refractivity contribution in [3.8, 4) is 0 Å². The first-order valence-electron chi connectivity index (χ1n) is 7.19. The van der Waals surface area contributed by atoms with E-state index in [1.165, 1.54) is 0 Å². The van der Waals surface area contributed by atoms with Crippen molar-refractivity contribution in [3.63, 3.8) is 0 Å². The van der Waals surface area contributed by atoms with Crippen LogP contribution in [-0.2, 0) is 25.5 Å². The molecule has 1 heterocycles. The maximum atomic E-state index is 11.7. The maximum Gasteiger partial charge on any atom is 0.355 e. The summed E-state index contributed by atoms with van der Waals surface area (Å²) in [5.74, 6) is -1.41. The second-order valence-electron chi connectivity index (χ2n) is 5.01. The fourth-order valence-electron chi connectivity index (χ4n) is 1.95. The van der Waals surface area contributed by atoms with Gasteiger partial charge in [0.05, 0.1) is 0 Å². The van der Waals surface area contributed by atoms with Crippen molar-refractivity contribution in [2.45, 2.75) is 19.3 Å². The number of rotatable bonds is 6. The molecule has 0 saturated heterocycles. The topological polar surface area (TPSA) is 96.9 Å². The molecule has 0 spiro atoms. The van der Waals surface area contributed by atoms with Gasteiger partial charge in [0.2, 0.25) is 5.91 Å². The summed E-state index contributed by atoms with van der Waals surface area (Å²) in [5.41, 5.74) is 3.13. The van der Waals surface area contributed by atoms with Gasteiger partial charge >= 0.3 is 5.97 Å². The number of carbonyl (C=O) groups excluding carboxylic acids is 3. The molecule has 9 heteroatoms. The number of benzene rings is 1. The lowest BCUT2D eigenvalue weighted by atomic mass is 10.1. The van der Waals surface area contributed by atoms with Crippen molar-refractivity contribution in [3.05, 3.63) is 33.8 Å². The highest BCUT2D eigenvalue weighted by Crippen LogP contribution is 2.20. The average molecular weight is 372 g/mol. The first-order chi connectivity index (χ1) is 11.5. The SMILES string of the molecule is O=C(COC(=O)C1=NNC(=O)CC1)NCCc1ccc(Cl)cc1Cl. The van der Waals surface area contributed by atoms with Gasteiger partial charge in [0, 0.05) is 29.4 Å². The van der Waals surface area contributed by atoms with Gasteiger partial charge in [-0.05, 0) is 24.1 Å². The Bertz CT molecular complexity index is 691. The second-order valence-corrected chi connectivity index (χ2v) is 5.85. The zero-order valence-corrected chi connectivity index (χ0v) is 14.1. The van der Waals surface area contributed by atoms with E-state index >= 15 is 0 Å². The third kappa shape index (κ3) is 5.50. The van der Waals surface area contributed by atoms with Gasteiger partial charge in [0.15, 0.2) is 6.61 Å². The van der Waals surface area contributed by atoms with Crippen molar-refractivity contribution >= 4 is 46.7 Å². The van der Waals surface area contributed by atoms with Crippen molar-refractivity contribution in [1.82, 2.24) is 10.7 Å². The smallest absolute Gasteiger partial charge is 0.355 e. The molecule has 2 amide bonds. The highest BCUT2D eigenvalue weighted by Gasteiger charge is 2.20. The fourth-order valence-corrected chi connectivity index (χ4v) is 2.45. The number of halogens is 2. The minimum Gasteiger partial charge on any atom is -0.451 e. The Labute approximate surface area is 148 Å². The quantitative estimate of drug-likeness (QED) is 0.739. The van der Waals surface area contributed by atoms with E-state index in [2.05, 4.69) is 15.8 Å². The van der Waals surface area contributed by atoms with Crippen LogP contribution in [0.15, 0.2) is 23.3 Å². The van der Waals surface area contributed by atoms with Gasteiger partial charge in [0.25, 0.3) is 5.91 Å². The summed E-state index contributed by atoms with van der Waals surface area (Å²) in [6, 6.07) is 5.13. The summed E-state index contributed by atoms with van der Waals surface area (Å²) in [7, 11) is 0. The van der Waals surface area contributed by atoms with Gasteiger partial charge in [-0.2, -0.15) is 5.10 Å². The number of nitrogens with zero attached hydrogens (tertiary/aromatic N) is 1. The molecule has 0 atom stereocenters. The van der Waals surface area contributed by atoms with E-state index in [0.717, 1.165) is 5.56 Å². The molecule has 2 N–H and O–H groups in total. The summed E-state index contributed by atoms with van der Waals surface area (Å²) in [4.78, 5) is 34.3. The van der Waals surface area contributed by atoms with Crippen LogP contribution in [0.2, 0.25) is 10.0 Å². The van der Waals surface area contributed by atoms with Crippen LogP contribution in [0.5, 0.6) is 0 Å². The number of hydrazone groups is 1. The standard InChI is InChI=1S/C15H15Cl2N3O4/c16-10-2-1-9(11(17)7-10)5-6-18-14(22)8-24-15(23)12-3-4-13(21)20-19-12/h1-2,7H,3-6,8H2,(H,18,22)(H,20,21). The van der Waals surface area contributed by atoms with Crippen molar-refractivity contribution in [1.29, 1.82) is 0 Å². The molecule has 0 aliphatic carbocycles. The summed E-state index contributed by atoms with van der Waals surface area (Å²) in [5, 5.41) is 7.28. The zero-order chi connectivity index (χ0) is 17.5. The van der Waals surface area contributed by atoms with E-state index in [1.54, 1.807) is 18.2 Å². The minimum absolute atomic E-state index is 0.0929. The van der Waals surface area contributed by atoms with E-state index < -0.39 is 18.5 Å². The molecule has 1 aromatic rings. The van der Waals surface area contributed by atoms with Crippen LogP contribution in [0.4, 0.5) is 0 Å². The Kier molecular flexibility index (Phi) is 6.57.